The van der Waals surface area contributed by atoms with Crippen LogP contribution in [0.4, 0.5) is 0 Å². The number of fused-ring (bicyclic) bond motifs is 1. The van der Waals surface area contributed by atoms with E-state index in [-0.39, 0.29) is 22.3 Å². The number of morpholine rings is 1. The Labute approximate surface area is 187 Å². The number of benzene rings is 2. The molecule has 9 heteroatoms. The third-order valence-electron chi connectivity index (χ3n) is 6.21. The lowest BCUT2D eigenvalue weighted by molar-refractivity contribution is 0.0696. The van der Waals surface area contributed by atoms with Gasteiger partial charge in [-0.3, -0.25) is 4.79 Å². The van der Waals surface area contributed by atoms with Crippen LogP contribution < -0.4 is 0 Å². The summed E-state index contributed by atoms with van der Waals surface area (Å²) in [7, 11) is -3.77. The Balaban J connectivity index is 1.40. The molecule has 2 aromatic carbocycles. The number of carbonyl (C=O) groups excluding carboxylic acids is 1. The topological polar surface area (TPSA) is 95.6 Å². The number of ether oxygens (including phenoxy) is 1. The number of hydrogen-bond acceptors (Lipinski definition) is 5. The number of nitrogens with zero attached hydrogens (tertiary/aromatic N) is 3. The minimum atomic E-state index is -3.77. The Kier molecular flexibility index (Phi) is 5.71. The fourth-order valence-corrected chi connectivity index (χ4v) is 6.11. The van der Waals surface area contributed by atoms with Gasteiger partial charge < -0.3 is 14.6 Å². The number of amides is 1. The van der Waals surface area contributed by atoms with E-state index in [0.29, 0.717) is 39.4 Å². The van der Waals surface area contributed by atoms with Crippen LogP contribution in [0.1, 0.15) is 34.9 Å². The number of carbonyl (C=O) groups is 1. The zero-order chi connectivity index (χ0) is 22.1. The maximum absolute atomic E-state index is 13.5. The third kappa shape index (κ3) is 3.92. The average molecular weight is 455 g/mol. The highest BCUT2D eigenvalue weighted by Crippen LogP contribution is 2.29. The van der Waals surface area contributed by atoms with Crippen molar-refractivity contribution in [2.24, 2.45) is 0 Å². The normalized spacial score (nSPS) is 20.5. The Bertz CT molecular complexity index is 1200. The van der Waals surface area contributed by atoms with Crippen molar-refractivity contribution in [3.63, 3.8) is 0 Å². The Hall–Kier alpha value is -2.75. The lowest BCUT2D eigenvalue weighted by Crippen LogP contribution is -2.42. The van der Waals surface area contributed by atoms with Gasteiger partial charge in [-0.25, -0.2) is 13.4 Å². The van der Waals surface area contributed by atoms with Gasteiger partial charge >= 0.3 is 0 Å². The summed E-state index contributed by atoms with van der Waals surface area (Å²) in [4.78, 5) is 23.4. The van der Waals surface area contributed by atoms with E-state index in [0.717, 1.165) is 29.7 Å². The van der Waals surface area contributed by atoms with Crippen molar-refractivity contribution in [2.75, 3.05) is 39.4 Å². The first-order chi connectivity index (χ1) is 15.5. The molecule has 0 radical (unpaired) electrons. The number of aromatic nitrogens is 2. The van der Waals surface area contributed by atoms with Gasteiger partial charge in [0, 0.05) is 32.1 Å². The molecule has 2 aliphatic rings. The molecular formula is C23H26N4O4S. The van der Waals surface area contributed by atoms with Gasteiger partial charge in [-0.1, -0.05) is 24.3 Å². The molecule has 8 nitrogen and oxygen atoms in total. The lowest BCUT2D eigenvalue weighted by Gasteiger charge is -2.33. The molecular weight excluding hydrogens is 428 g/mol. The molecule has 168 valence electrons. The van der Waals surface area contributed by atoms with Crippen LogP contribution in [-0.4, -0.2) is 72.9 Å². The molecule has 1 aromatic heterocycles. The quantitative estimate of drug-likeness (QED) is 0.654. The molecule has 3 heterocycles. The molecule has 1 amide bonds. The second kappa shape index (κ2) is 8.65. The van der Waals surface area contributed by atoms with Crippen LogP contribution in [0.5, 0.6) is 0 Å². The number of para-hydroxylation sites is 2. The van der Waals surface area contributed by atoms with Crippen molar-refractivity contribution in [1.82, 2.24) is 19.2 Å². The number of aromatic amines is 1. The predicted octanol–water partition coefficient (Wildman–Crippen LogP) is 2.60. The largest absolute Gasteiger partial charge is 0.379 e. The molecule has 2 saturated heterocycles. The van der Waals surface area contributed by atoms with Crippen molar-refractivity contribution < 1.29 is 17.9 Å². The number of H-pyrrole nitrogens is 1. The Morgan fingerprint density at radius 2 is 1.78 bits per heavy atom. The summed E-state index contributed by atoms with van der Waals surface area (Å²) < 4.78 is 33.2. The van der Waals surface area contributed by atoms with E-state index < -0.39 is 10.0 Å². The molecule has 1 unspecified atom stereocenters. The SMILES string of the molecule is O=C(c1ccccc1S(=O)(=O)N1CCOCC1)N1CCCC(c2nc3ccccc3[nH]2)C1. The van der Waals surface area contributed by atoms with Gasteiger partial charge in [0.2, 0.25) is 10.0 Å². The Morgan fingerprint density at radius 3 is 2.59 bits per heavy atom. The summed E-state index contributed by atoms with van der Waals surface area (Å²) in [5.41, 5.74) is 2.12. The van der Waals surface area contributed by atoms with Gasteiger partial charge in [0.25, 0.3) is 5.91 Å². The van der Waals surface area contributed by atoms with E-state index in [4.69, 9.17) is 9.72 Å². The highest BCUT2D eigenvalue weighted by atomic mass is 32.2. The van der Waals surface area contributed by atoms with Gasteiger partial charge in [-0.05, 0) is 37.1 Å². The number of likely N-dealkylation sites (tertiary alicyclic amines) is 1. The fourth-order valence-electron chi connectivity index (χ4n) is 4.52. The zero-order valence-electron chi connectivity index (χ0n) is 17.7. The standard InChI is InChI=1S/C23H26N4O4S/c28-23(18-7-1-4-10-21(18)32(29,30)27-12-14-31-15-13-27)26-11-5-6-17(16-26)22-24-19-8-2-3-9-20(19)25-22/h1-4,7-10,17H,5-6,11-16H2,(H,24,25). The van der Waals surface area contributed by atoms with Crippen LogP contribution in [0.2, 0.25) is 0 Å². The number of piperidine rings is 1. The minimum absolute atomic E-state index is 0.0674. The summed E-state index contributed by atoms with van der Waals surface area (Å²) >= 11 is 0. The minimum Gasteiger partial charge on any atom is -0.379 e. The van der Waals surface area contributed by atoms with Gasteiger partial charge in [0.05, 0.1) is 34.7 Å². The molecule has 2 aliphatic heterocycles. The summed E-state index contributed by atoms with van der Waals surface area (Å²) in [5, 5.41) is 0. The van der Waals surface area contributed by atoms with Crippen LogP contribution in [0, 0.1) is 0 Å². The Morgan fingerprint density at radius 1 is 1.03 bits per heavy atom. The number of sulfonamides is 1. The van der Waals surface area contributed by atoms with E-state index in [1.807, 2.05) is 24.3 Å². The zero-order valence-corrected chi connectivity index (χ0v) is 18.6. The third-order valence-corrected chi connectivity index (χ3v) is 8.17. The van der Waals surface area contributed by atoms with Crippen LogP contribution in [-0.2, 0) is 14.8 Å². The molecule has 0 spiro atoms. The van der Waals surface area contributed by atoms with E-state index in [9.17, 15) is 13.2 Å². The van der Waals surface area contributed by atoms with Crippen molar-refractivity contribution in [2.45, 2.75) is 23.7 Å². The maximum atomic E-state index is 13.5. The number of nitrogens with one attached hydrogen (secondary N) is 1. The number of hydrogen-bond donors (Lipinski definition) is 1. The van der Waals surface area contributed by atoms with Gasteiger partial charge in [0.15, 0.2) is 0 Å². The highest BCUT2D eigenvalue weighted by molar-refractivity contribution is 7.89. The number of imidazole rings is 1. The molecule has 5 rings (SSSR count). The van der Waals surface area contributed by atoms with Crippen LogP contribution in [0.15, 0.2) is 53.4 Å². The average Bonchev–Trinajstić information content (AvgIpc) is 3.29. The van der Waals surface area contributed by atoms with E-state index in [1.54, 1.807) is 23.1 Å². The van der Waals surface area contributed by atoms with E-state index in [2.05, 4.69) is 4.98 Å². The highest BCUT2D eigenvalue weighted by Gasteiger charge is 2.33. The van der Waals surface area contributed by atoms with E-state index in [1.165, 1.54) is 10.4 Å². The summed E-state index contributed by atoms with van der Waals surface area (Å²) in [6, 6.07) is 14.4. The van der Waals surface area contributed by atoms with Gasteiger partial charge in [-0.2, -0.15) is 4.31 Å². The van der Waals surface area contributed by atoms with Gasteiger partial charge in [0.1, 0.15) is 5.82 Å². The molecule has 0 bridgehead atoms. The van der Waals surface area contributed by atoms with Crippen molar-refractivity contribution in [3.05, 3.63) is 59.9 Å². The molecule has 3 aromatic rings. The van der Waals surface area contributed by atoms with Crippen molar-refractivity contribution in [3.8, 4) is 0 Å². The summed E-state index contributed by atoms with van der Waals surface area (Å²) in [6.07, 6.45) is 1.77. The molecule has 0 aliphatic carbocycles. The molecule has 1 N–H and O–H groups in total. The molecule has 32 heavy (non-hydrogen) atoms. The number of rotatable bonds is 4. The second-order valence-electron chi connectivity index (χ2n) is 8.24. The molecule has 0 saturated carbocycles. The molecule has 2 fully saturated rings. The second-order valence-corrected chi connectivity index (χ2v) is 10.1. The maximum Gasteiger partial charge on any atom is 0.255 e. The van der Waals surface area contributed by atoms with Crippen molar-refractivity contribution in [1.29, 1.82) is 0 Å². The lowest BCUT2D eigenvalue weighted by atomic mass is 9.96. The van der Waals surface area contributed by atoms with E-state index >= 15 is 0 Å². The first-order valence-corrected chi connectivity index (χ1v) is 12.4. The predicted molar refractivity (Wildman–Crippen MR) is 120 cm³/mol. The van der Waals surface area contributed by atoms with Crippen LogP contribution in [0.25, 0.3) is 11.0 Å². The first kappa shape index (κ1) is 21.1. The van der Waals surface area contributed by atoms with Crippen molar-refractivity contribution >= 4 is 27.0 Å². The molecule has 1 atom stereocenters. The summed E-state index contributed by atoms with van der Waals surface area (Å²) in [5.74, 6) is 0.708. The monoisotopic (exact) mass is 454 g/mol. The first-order valence-electron chi connectivity index (χ1n) is 10.9. The van der Waals surface area contributed by atoms with Gasteiger partial charge in [-0.15, -0.1) is 0 Å². The smallest absolute Gasteiger partial charge is 0.255 e. The van der Waals surface area contributed by atoms with Crippen LogP contribution in [0.3, 0.4) is 0 Å². The fraction of sp³-hybridized carbons (Fsp3) is 0.391. The summed E-state index contributed by atoms with van der Waals surface area (Å²) in [6.45, 7) is 2.42. The van der Waals surface area contributed by atoms with Crippen LogP contribution >= 0.6 is 0 Å².